The maximum absolute atomic E-state index is 11.4. The first-order valence-corrected chi connectivity index (χ1v) is 9.51. The van der Waals surface area contributed by atoms with Gasteiger partial charge < -0.3 is 5.11 Å². The van der Waals surface area contributed by atoms with Crippen molar-refractivity contribution < 1.29 is 13.5 Å². The van der Waals surface area contributed by atoms with Gasteiger partial charge in [0.15, 0.2) is 9.84 Å². The van der Waals surface area contributed by atoms with Gasteiger partial charge in [-0.25, -0.2) is 8.42 Å². The maximum atomic E-state index is 11.4. The molecule has 0 spiro atoms. The van der Waals surface area contributed by atoms with E-state index in [1.807, 2.05) is 6.07 Å². The smallest absolute Gasteiger partial charge is 0.175 e. The van der Waals surface area contributed by atoms with Crippen molar-refractivity contribution in [2.24, 2.45) is 0 Å². The molecule has 1 aromatic carbocycles. The van der Waals surface area contributed by atoms with Gasteiger partial charge >= 0.3 is 0 Å². The predicted octanol–water partition coefficient (Wildman–Crippen LogP) is 3.76. The van der Waals surface area contributed by atoms with E-state index in [1.165, 1.54) is 23.5 Å². The highest BCUT2D eigenvalue weighted by Crippen LogP contribution is 2.37. The van der Waals surface area contributed by atoms with Crippen LogP contribution in [0.25, 0.3) is 0 Å². The lowest BCUT2D eigenvalue weighted by atomic mass is 10.0. The first-order valence-electron chi connectivity index (χ1n) is 5.22. The van der Waals surface area contributed by atoms with Gasteiger partial charge in [0.1, 0.15) is 6.10 Å². The van der Waals surface area contributed by atoms with E-state index in [0.29, 0.717) is 5.56 Å². The molecule has 7 heteroatoms. The molecule has 0 saturated carbocycles. The van der Waals surface area contributed by atoms with Gasteiger partial charge in [-0.1, -0.05) is 12.1 Å². The van der Waals surface area contributed by atoms with Crippen LogP contribution in [0.4, 0.5) is 0 Å². The highest BCUT2D eigenvalue weighted by atomic mass is 79.9. The van der Waals surface area contributed by atoms with Crippen LogP contribution < -0.4 is 0 Å². The van der Waals surface area contributed by atoms with E-state index in [2.05, 4.69) is 31.9 Å². The van der Waals surface area contributed by atoms with Crippen molar-refractivity contribution in [3.05, 3.63) is 49.0 Å². The molecule has 0 aliphatic heterocycles. The SMILES string of the molecule is CS(=O)(=O)c1ccc(C(O)c2cc(Br)sc2Br)cc1. The summed E-state index contributed by atoms with van der Waals surface area (Å²) in [5.74, 6) is 0. The molecular weight excluding hydrogens is 416 g/mol. The molecule has 3 nitrogen and oxygen atoms in total. The van der Waals surface area contributed by atoms with Gasteiger partial charge in [0.05, 0.1) is 12.5 Å². The zero-order valence-corrected chi connectivity index (χ0v) is 14.6. The van der Waals surface area contributed by atoms with E-state index in [-0.39, 0.29) is 4.90 Å². The zero-order valence-electron chi connectivity index (χ0n) is 9.80. The van der Waals surface area contributed by atoms with Crippen LogP contribution in [0.15, 0.2) is 42.8 Å². The van der Waals surface area contributed by atoms with Gasteiger partial charge in [0.25, 0.3) is 0 Å². The van der Waals surface area contributed by atoms with Gasteiger partial charge in [-0.2, -0.15) is 0 Å². The van der Waals surface area contributed by atoms with E-state index in [4.69, 9.17) is 0 Å². The molecule has 2 rings (SSSR count). The second kappa shape index (κ2) is 5.65. The second-order valence-corrected chi connectivity index (χ2v) is 9.79. The fourth-order valence-corrected chi connectivity index (χ4v) is 5.13. The van der Waals surface area contributed by atoms with E-state index < -0.39 is 15.9 Å². The number of hydrogen-bond acceptors (Lipinski definition) is 4. The summed E-state index contributed by atoms with van der Waals surface area (Å²) in [6, 6.07) is 8.09. The molecule has 0 radical (unpaired) electrons. The Morgan fingerprint density at radius 2 is 1.79 bits per heavy atom. The lowest BCUT2D eigenvalue weighted by Crippen LogP contribution is -2.01. The Morgan fingerprint density at radius 1 is 1.21 bits per heavy atom. The minimum atomic E-state index is -3.21. The molecule has 1 aromatic heterocycles. The van der Waals surface area contributed by atoms with E-state index in [9.17, 15) is 13.5 Å². The Hall–Kier alpha value is -0.210. The van der Waals surface area contributed by atoms with Gasteiger partial charge in [0.2, 0.25) is 0 Å². The number of hydrogen-bond donors (Lipinski definition) is 1. The first-order chi connectivity index (χ1) is 8.79. The van der Waals surface area contributed by atoms with Gasteiger partial charge in [-0.3, -0.25) is 0 Å². The van der Waals surface area contributed by atoms with Crippen LogP contribution in [0.1, 0.15) is 17.2 Å². The maximum Gasteiger partial charge on any atom is 0.175 e. The molecule has 1 unspecified atom stereocenters. The number of rotatable bonds is 3. The van der Waals surface area contributed by atoms with Crippen LogP contribution in [0.5, 0.6) is 0 Å². The fourth-order valence-electron chi connectivity index (χ4n) is 1.62. The zero-order chi connectivity index (χ0) is 14.2. The average molecular weight is 426 g/mol. The Labute approximate surface area is 132 Å². The lowest BCUT2D eigenvalue weighted by molar-refractivity contribution is 0.220. The lowest BCUT2D eigenvalue weighted by Gasteiger charge is -2.10. The van der Waals surface area contributed by atoms with E-state index in [0.717, 1.165) is 19.4 Å². The number of benzene rings is 1. The van der Waals surface area contributed by atoms with Crippen molar-refractivity contribution in [2.75, 3.05) is 6.26 Å². The van der Waals surface area contributed by atoms with Crippen LogP contribution >= 0.6 is 43.2 Å². The largest absolute Gasteiger partial charge is 0.384 e. The average Bonchev–Trinajstić information content (AvgIpc) is 2.66. The number of aliphatic hydroxyl groups is 1. The normalized spacial score (nSPS) is 13.5. The molecule has 102 valence electrons. The predicted molar refractivity (Wildman–Crippen MR) is 83.3 cm³/mol. The summed E-state index contributed by atoms with van der Waals surface area (Å²) in [4.78, 5) is 0.244. The monoisotopic (exact) mass is 424 g/mol. The molecule has 0 aliphatic rings. The van der Waals surface area contributed by atoms with Crippen LogP contribution in [0.2, 0.25) is 0 Å². The molecule has 1 N–H and O–H groups in total. The molecule has 0 amide bonds. The Morgan fingerprint density at radius 3 is 2.21 bits per heavy atom. The van der Waals surface area contributed by atoms with Crippen molar-refractivity contribution in [3.63, 3.8) is 0 Å². The van der Waals surface area contributed by atoms with Crippen LogP contribution in [0.3, 0.4) is 0 Å². The minimum Gasteiger partial charge on any atom is -0.384 e. The van der Waals surface area contributed by atoms with Crippen LogP contribution in [-0.2, 0) is 9.84 Å². The van der Waals surface area contributed by atoms with Crippen LogP contribution in [-0.4, -0.2) is 19.8 Å². The summed E-state index contributed by atoms with van der Waals surface area (Å²) in [5.41, 5.74) is 1.40. The molecule has 0 saturated heterocycles. The molecule has 0 fully saturated rings. The van der Waals surface area contributed by atoms with Gasteiger partial charge in [-0.15, -0.1) is 11.3 Å². The van der Waals surface area contributed by atoms with Crippen LogP contribution in [0, 0.1) is 0 Å². The van der Waals surface area contributed by atoms with Crippen molar-refractivity contribution in [3.8, 4) is 0 Å². The third kappa shape index (κ3) is 3.46. The van der Waals surface area contributed by atoms with Crippen molar-refractivity contribution in [1.82, 2.24) is 0 Å². The summed E-state index contributed by atoms with van der Waals surface area (Å²) < 4.78 is 24.5. The second-order valence-electron chi connectivity index (χ2n) is 4.02. The third-order valence-corrected chi connectivity index (χ3v) is 6.12. The Kier molecular flexibility index (Phi) is 4.52. The first kappa shape index (κ1) is 15.2. The molecule has 1 heterocycles. The highest BCUT2D eigenvalue weighted by molar-refractivity contribution is 9.12. The molecule has 0 aliphatic carbocycles. The third-order valence-electron chi connectivity index (χ3n) is 2.60. The van der Waals surface area contributed by atoms with E-state index >= 15 is 0 Å². The number of aliphatic hydroxyl groups excluding tert-OH is 1. The minimum absolute atomic E-state index is 0.244. The standard InChI is InChI=1S/C12H10Br2O3S2/c1-19(16,17)8-4-2-7(3-5-8)11(15)9-6-10(13)18-12(9)14/h2-6,11,15H,1H3. The molecule has 19 heavy (non-hydrogen) atoms. The molecule has 1 atom stereocenters. The topological polar surface area (TPSA) is 54.4 Å². The van der Waals surface area contributed by atoms with Crippen molar-refractivity contribution in [1.29, 1.82) is 0 Å². The molecule has 2 aromatic rings. The quantitative estimate of drug-likeness (QED) is 0.814. The Bertz CT molecular complexity index is 690. The van der Waals surface area contributed by atoms with Crippen molar-refractivity contribution in [2.45, 2.75) is 11.0 Å². The summed E-state index contributed by atoms with van der Waals surface area (Å²) in [5, 5.41) is 10.3. The van der Waals surface area contributed by atoms with Gasteiger partial charge in [-0.05, 0) is 55.6 Å². The van der Waals surface area contributed by atoms with Gasteiger partial charge in [0, 0.05) is 11.8 Å². The fraction of sp³-hybridized carbons (Fsp3) is 0.167. The molecular formula is C12H10Br2O3S2. The highest BCUT2D eigenvalue weighted by Gasteiger charge is 2.17. The summed E-state index contributed by atoms with van der Waals surface area (Å²) in [7, 11) is -3.21. The summed E-state index contributed by atoms with van der Waals surface area (Å²) in [6.45, 7) is 0. The van der Waals surface area contributed by atoms with Crippen molar-refractivity contribution >= 4 is 53.0 Å². The van der Waals surface area contributed by atoms with E-state index in [1.54, 1.807) is 12.1 Å². The number of thiophene rings is 1. The molecule has 0 bridgehead atoms. The Balaban J connectivity index is 2.35. The summed E-state index contributed by atoms with van der Waals surface area (Å²) in [6.07, 6.45) is 0.371. The number of halogens is 2. The number of sulfone groups is 1. The summed E-state index contributed by atoms with van der Waals surface area (Å²) >= 11 is 8.23.